The first-order valence-electron chi connectivity index (χ1n) is 8.57. The number of halogens is 1. The summed E-state index contributed by atoms with van der Waals surface area (Å²) in [6.07, 6.45) is 1.38. The molecule has 0 unspecified atom stereocenters. The maximum atomic E-state index is 14.1. The fourth-order valence-electron chi connectivity index (χ4n) is 2.70. The number of H-pyrrole nitrogens is 1. The van der Waals surface area contributed by atoms with E-state index in [1.54, 1.807) is 13.0 Å². The van der Waals surface area contributed by atoms with Crippen LogP contribution in [0.1, 0.15) is 26.6 Å². The molecular formula is C20H15FN4O3S. The topological polar surface area (TPSA) is 100 Å². The van der Waals surface area contributed by atoms with E-state index in [2.05, 4.69) is 20.8 Å². The minimum atomic E-state index is -0.628. The molecular weight excluding hydrogens is 395 g/mol. The van der Waals surface area contributed by atoms with Crippen LogP contribution in [0.5, 0.6) is 0 Å². The molecule has 3 aromatic heterocycles. The van der Waals surface area contributed by atoms with Crippen LogP contribution in [0.15, 0.2) is 58.5 Å². The predicted octanol–water partition coefficient (Wildman–Crippen LogP) is 4.68. The largest absolute Gasteiger partial charge is 0.469 e. The summed E-state index contributed by atoms with van der Waals surface area (Å²) in [7, 11) is 0. The van der Waals surface area contributed by atoms with Crippen molar-refractivity contribution < 1.29 is 18.4 Å². The SMILES string of the molecule is Cc1occc1C(=O)Nc1cc(NC(=O)c2cc(-c3cccs3)[nH]n2)ccc1F. The van der Waals surface area contributed by atoms with E-state index in [1.165, 1.54) is 35.8 Å². The van der Waals surface area contributed by atoms with Gasteiger partial charge in [-0.3, -0.25) is 14.7 Å². The van der Waals surface area contributed by atoms with E-state index in [1.807, 2.05) is 17.5 Å². The molecule has 0 radical (unpaired) electrons. The van der Waals surface area contributed by atoms with E-state index < -0.39 is 17.6 Å². The third-order valence-electron chi connectivity index (χ3n) is 4.17. The van der Waals surface area contributed by atoms with Crippen molar-refractivity contribution in [2.45, 2.75) is 6.92 Å². The number of aromatic amines is 1. The lowest BCUT2D eigenvalue weighted by Gasteiger charge is -2.09. The Bertz CT molecular complexity index is 1180. The number of furan rings is 1. The van der Waals surface area contributed by atoms with Crippen LogP contribution in [0.3, 0.4) is 0 Å². The Balaban J connectivity index is 1.49. The van der Waals surface area contributed by atoms with Gasteiger partial charge in [0.15, 0.2) is 5.69 Å². The summed E-state index contributed by atoms with van der Waals surface area (Å²) in [5.41, 5.74) is 1.48. The number of benzene rings is 1. The average Bonchev–Trinajstić information content (AvgIpc) is 3.45. The normalized spacial score (nSPS) is 10.7. The van der Waals surface area contributed by atoms with Gasteiger partial charge in [0.2, 0.25) is 0 Å². The van der Waals surface area contributed by atoms with Crippen LogP contribution in [-0.4, -0.2) is 22.0 Å². The number of thiophene rings is 1. The zero-order chi connectivity index (χ0) is 20.4. The molecule has 0 fully saturated rings. The number of carbonyl (C=O) groups is 2. The number of aromatic nitrogens is 2. The maximum Gasteiger partial charge on any atom is 0.276 e. The van der Waals surface area contributed by atoms with Crippen molar-refractivity contribution in [3.63, 3.8) is 0 Å². The number of rotatable bonds is 5. The Morgan fingerprint density at radius 3 is 2.72 bits per heavy atom. The van der Waals surface area contributed by atoms with Crippen molar-refractivity contribution >= 4 is 34.5 Å². The van der Waals surface area contributed by atoms with Crippen molar-refractivity contribution in [3.8, 4) is 10.6 Å². The minimum absolute atomic E-state index is 0.0605. The van der Waals surface area contributed by atoms with Gasteiger partial charge in [-0.25, -0.2) is 4.39 Å². The molecule has 29 heavy (non-hydrogen) atoms. The second-order valence-corrected chi connectivity index (χ2v) is 7.09. The predicted molar refractivity (Wildman–Crippen MR) is 108 cm³/mol. The molecule has 1 aromatic carbocycles. The van der Waals surface area contributed by atoms with Gasteiger partial charge in [0, 0.05) is 5.69 Å². The average molecular weight is 410 g/mol. The van der Waals surface area contributed by atoms with Crippen molar-refractivity contribution in [3.05, 3.63) is 76.9 Å². The van der Waals surface area contributed by atoms with Crippen LogP contribution in [0.4, 0.5) is 15.8 Å². The third-order valence-corrected chi connectivity index (χ3v) is 5.08. The summed E-state index contributed by atoms with van der Waals surface area (Å²) >= 11 is 1.52. The first-order chi connectivity index (χ1) is 14.0. The molecule has 0 aliphatic rings. The highest BCUT2D eigenvalue weighted by Gasteiger charge is 2.16. The van der Waals surface area contributed by atoms with Crippen LogP contribution >= 0.6 is 11.3 Å². The highest BCUT2D eigenvalue weighted by molar-refractivity contribution is 7.13. The van der Waals surface area contributed by atoms with Gasteiger partial charge < -0.3 is 15.1 Å². The molecule has 3 heterocycles. The van der Waals surface area contributed by atoms with Crippen LogP contribution in [0, 0.1) is 12.7 Å². The van der Waals surface area contributed by atoms with Crippen LogP contribution in [-0.2, 0) is 0 Å². The number of nitrogens with zero attached hydrogens (tertiary/aromatic N) is 1. The molecule has 0 bridgehead atoms. The summed E-state index contributed by atoms with van der Waals surface area (Å²) in [6, 6.07) is 10.9. The van der Waals surface area contributed by atoms with Crippen molar-refractivity contribution in [2.24, 2.45) is 0 Å². The lowest BCUT2D eigenvalue weighted by molar-refractivity contribution is 0.101. The molecule has 4 rings (SSSR count). The van der Waals surface area contributed by atoms with Crippen LogP contribution < -0.4 is 10.6 Å². The van der Waals surface area contributed by atoms with Gasteiger partial charge >= 0.3 is 0 Å². The number of anilines is 2. The number of amides is 2. The Morgan fingerprint density at radius 2 is 2.00 bits per heavy atom. The van der Waals surface area contributed by atoms with E-state index in [-0.39, 0.29) is 11.4 Å². The minimum Gasteiger partial charge on any atom is -0.469 e. The van der Waals surface area contributed by atoms with Gasteiger partial charge in [0.05, 0.1) is 28.1 Å². The molecule has 0 aliphatic carbocycles. The van der Waals surface area contributed by atoms with Gasteiger partial charge in [0.25, 0.3) is 11.8 Å². The molecule has 0 spiro atoms. The first-order valence-corrected chi connectivity index (χ1v) is 9.45. The lowest BCUT2D eigenvalue weighted by atomic mass is 10.2. The molecule has 2 amide bonds. The number of nitrogens with one attached hydrogen (secondary N) is 3. The summed E-state index contributed by atoms with van der Waals surface area (Å²) < 4.78 is 19.2. The Kier molecular flexibility index (Phi) is 4.96. The highest BCUT2D eigenvalue weighted by atomic mass is 32.1. The fraction of sp³-hybridized carbons (Fsp3) is 0.0500. The number of hydrogen-bond acceptors (Lipinski definition) is 5. The molecule has 0 saturated carbocycles. The van der Waals surface area contributed by atoms with E-state index in [0.717, 1.165) is 16.6 Å². The zero-order valence-corrected chi connectivity index (χ0v) is 16.0. The molecule has 0 atom stereocenters. The van der Waals surface area contributed by atoms with Crippen LogP contribution in [0.2, 0.25) is 0 Å². The molecule has 146 valence electrons. The zero-order valence-electron chi connectivity index (χ0n) is 15.2. The highest BCUT2D eigenvalue weighted by Crippen LogP contribution is 2.24. The quantitative estimate of drug-likeness (QED) is 0.445. The molecule has 7 nitrogen and oxygen atoms in total. The molecule has 3 N–H and O–H groups in total. The smallest absolute Gasteiger partial charge is 0.276 e. The van der Waals surface area contributed by atoms with Crippen molar-refractivity contribution in [2.75, 3.05) is 10.6 Å². The van der Waals surface area contributed by atoms with Gasteiger partial charge in [-0.2, -0.15) is 5.10 Å². The van der Waals surface area contributed by atoms with Gasteiger partial charge in [-0.15, -0.1) is 11.3 Å². The van der Waals surface area contributed by atoms with Gasteiger partial charge in [0.1, 0.15) is 11.6 Å². The number of carbonyl (C=O) groups excluding carboxylic acids is 2. The fourth-order valence-corrected chi connectivity index (χ4v) is 3.39. The number of hydrogen-bond donors (Lipinski definition) is 3. The standard InChI is InChI=1S/C20H15FN4O3S/c1-11-13(6-7-28-11)19(26)23-15-9-12(4-5-14(15)21)22-20(27)17-10-16(24-25-17)18-3-2-8-29-18/h2-10H,1H3,(H,22,27)(H,23,26)(H,24,25). The molecule has 0 aliphatic heterocycles. The Hall–Kier alpha value is -3.72. The Labute approximate surface area is 168 Å². The number of aryl methyl sites for hydroxylation is 1. The van der Waals surface area contributed by atoms with E-state index in [9.17, 15) is 14.0 Å². The molecule has 0 saturated heterocycles. The second-order valence-electron chi connectivity index (χ2n) is 6.14. The summed E-state index contributed by atoms with van der Waals surface area (Å²) in [5, 5.41) is 13.9. The van der Waals surface area contributed by atoms with Gasteiger partial charge in [-0.05, 0) is 48.7 Å². The van der Waals surface area contributed by atoms with Crippen molar-refractivity contribution in [1.82, 2.24) is 10.2 Å². The summed E-state index contributed by atoms with van der Waals surface area (Å²) in [5.74, 6) is -1.17. The second kappa shape index (κ2) is 7.72. The van der Waals surface area contributed by atoms with Crippen molar-refractivity contribution in [1.29, 1.82) is 0 Å². The van der Waals surface area contributed by atoms with Gasteiger partial charge in [-0.1, -0.05) is 6.07 Å². The Morgan fingerprint density at radius 1 is 1.14 bits per heavy atom. The lowest BCUT2D eigenvalue weighted by Crippen LogP contribution is -2.15. The maximum absolute atomic E-state index is 14.1. The van der Waals surface area contributed by atoms with Crippen LogP contribution in [0.25, 0.3) is 10.6 Å². The summed E-state index contributed by atoms with van der Waals surface area (Å²) in [6.45, 7) is 1.64. The summed E-state index contributed by atoms with van der Waals surface area (Å²) in [4.78, 5) is 25.7. The first kappa shape index (κ1) is 18.6. The van der Waals surface area contributed by atoms with E-state index >= 15 is 0 Å². The van der Waals surface area contributed by atoms with E-state index in [0.29, 0.717) is 17.0 Å². The monoisotopic (exact) mass is 410 g/mol. The molecule has 9 heteroatoms. The third kappa shape index (κ3) is 3.94. The molecule has 4 aromatic rings. The van der Waals surface area contributed by atoms with E-state index in [4.69, 9.17) is 4.42 Å².